The molecule has 0 saturated heterocycles. The maximum atomic E-state index is 12.1. The number of hydrogen-bond acceptors (Lipinski definition) is 3. The van der Waals surface area contributed by atoms with E-state index in [0.29, 0.717) is 5.92 Å². The molecule has 1 saturated carbocycles. The van der Waals surface area contributed by atoms with Gasteiger partial charge in [0.1, 0.15) is 11.5 Å². The van der Waals surface area contributed by atoms with Gasteiger partial charge < -0.3 is 14.8 Å². The van der Waals surface area contributed by atoms with Gasteiger partial charge in [-0.25, -0.2) is 0 Å². The fourth-order valence-corrected chi connectivity index (χ4v) is 4.07. The predicted octanol–water partition coefficient (Wildman–Crippen LogP) is 3.55. The molecule has 0 aromatic rings. The Morgan fingerprint density at radius 3 is 2.80 bits per heavy atom. The van der Waals surface area contributed by atoms with Crippen molar-refractivity contribution >= 4 is 5.91 Å². The van der Waals surface area contributed by atoms with Crippen molar-refractivity contribution in [2.45, 2.75) is 32.1 Å². The zero-order valence-electron chi connectivity index (χ0n) is 14.9. The van der Waals surface area contributed by atoms with Gasteiger partial charge in [0.05, 0.1) is 14.2 Å². The van der Waals surface area contributed by atoms with Crippen LogP contribution < -0.4 is 5.32 Å². The molecule has 4 heteroatoms. The maximum absolute atomic E-state index is 12.1. The second-order valence-corrected chi connectivity index (χ2v) is 7.17. The van der Waals surface area contributed by atoms with Gasteiger partial charge in [0.25, 0.3) is 0 Å². The summed E-state index contributed by atoms with van der Waals surface area (Å²) in [6.45, 7) is 0.724. The van der Waals surface area contributed by atoms with E-state index < -0.39 is 0 Å². The largest absolute Gasteiger partial charge is 0.501 e. The third-order valence-corrected chi connectivity index (χ3v) is 5.60. The summed E-state index contributed by atoms with van der Waals surface area (Å²) in [5.41, 5.74) is 5.16. The van der Waals surface area contributed by atoms with Crippen LogP contribution in [0.4, 0.5) is 0 Å². The molecule has 0 aromatic carbocycles. The summed E-state index contributed by atoms with van der Waals surface area (Å²) in [4.78, 5) is 12.1. The Morgan fingerprint density at radius 1 is 1.24 bits per heavy atom. The first-order valence-corrected chi connectivity index (χ1v) is 9.12. The molecular weight excluding hydrogens is 314 g/mol. The van der Waals surface area contributed by atoms with Crippen molar-refractivity contribution in [3.8, 4) is 0 Å². The molecule has 0 aromatic heterocycles. The Kier molecular flexibility index (Phi) is 4.28. The number of methoxy groups -OCH3 is 2. The molecule has 0 radical (unpaired) electrons. The van der Waals surface area contributed by atoms with E-state index in [4.69, 9.17) is 9.47 Å². The zero-order valence-corrected chi connectivity index (χ0v) is 14.9. The molecule has 4 rings (SSSR count). The second kappa shape index (κ2) is 6.58. The number of amides is 1. The Labute approximate surface area is 149 Å². The van der Waals surface area contributed by atoms with Crippen LogP contribution in [0.25, 0.3) is 0 Å². The minimum atomic E-state index is 0.223. The molecular formula is C21H25NO3. The summed E-state index contributed by atoms with van der Waals surface area (Å²) in [6.07, 6.45) is 13.3. The molecule has 4 aliphatic rings. The molecule has 1 N–H and O–H groups in total. The normalized spacial score (nSPS) is 25.0. The lowest BCUT2D eigenvalue weighted by Crippen LogP contribution is -2.33. The van der Waals surface area contributed by atoms with Crippen LogP contribution in [-0.4, -0.2) is 26.7 Å². The Bertz CT molecular complexity index is 747. The summed E-state index contributed by atoms with van der Waals surface area (Å²) in [5, 5.41) is 3.17. The van der Waals surface area contributed by atoms with Crippen LogP contribution in [0, 0.1) is 11.8 Å². The van der Waals surface area contributed by atoms with Crippen molar-refractivity contribution in [3.05, 3.63) is 58.1 Å². The molecule has 1 amide bonds. The first-order chi connectivity index (χ1) is 12.2. The summed E-state index contributed by atoms with van der Waals surface area (Å²) >= 11 is 0. The van der Waals surface area contributed by atoms with Crippen molar-refractivity contribution < 1.29 is 14.3 Å². The van der Waals surface area contributed by atoms with Crippen molar-refractivity contribution in [1.29, 1.82) is 0 Å². The van der Waals surface area contributed by atoms with Crippen LogP contribution >= 0.6 is 0 Å². The Morgan fingerprint density at radius 2 is 2.08 bits per heavy atom. The topological polar surface area (TPSA) is 47.6 Å². The molecule has 1 unspecified atom stereocenters. The highest BCUT2D eigenvalue weighted by Crippen LogP contribution is 2.46. The summed E-state index contributed by atoms with van der Waals surface area (Å²) in [7, 11) is 3.47. The minimum absolute atomic E-state index is 0.223. The highest BCUT2D eigenvalue weighted by atomic mass is 16.5. The number of carbonyl (C=O) groups is 1. The molecule has 1 atom stereocenters. The number of allylic oxidation sites excluding steroid dienone is 8. The molecule has 4 nitrogen and oxygen atoms in total. The van der Waals surface area contributed by atoms with Gasteiger partial charge in [-0.05, 0) is 60.5 Å². The summed E-state index contributed by atoms with van der Waals surface area (Å²) in [5.74, 6) is 2.78. The zero-order chi connectivity index (χ0) is 17.4. The third-order valence-electron chi connectivity index (χ3n) is 5.60. The predicted molar refractivity (Wildman–Crippen MR) is 96.5 cm³/mol. The third kappa shape index (κ3) is 3.06. The lowest BCUT2D eigenvalue weighted by molar-refractivity contribution is -0.122. The van der Waals surface area contributed by atoms with E-state index in [1.807, 2.05) is 12.2 Å². The number of carbonyl (C=O) groups excluding carboxylic acids is 1. The van der Waals surface area contributed by atoms with Crippen molar-refractivity contribution in [1.82, 2.24) is 5.32 Å². The molecule has 0 aliphatic heterocycles. The van der Waals surface area contributed by atoms with Gasteiger partial charge in [0, 0.05) is 24.5 Å². The highest BCUT2D eigenvalue weighted by Gasteiger charge is 2.34. The van der Waals surface area contributed by atoms with E-state index in [2.05, 4.69) is 17.5 Å². The van der Waals surface area contributed by atoms with E-state index in [1.165, 1.54) is 22.3 Å². The molecule has 1 fully saturated rings. The standard InChI is InChI=1S/C21H25NO3/c1-24-16-10-14-4-3-5-19(25-2)17-9-8-15(18(11-16)20(14)17)12-22-21(23)13-6-7-13/h3-5,10,13,15H,6-9,11-12H2,1-2H3,(H,22,23). The first-order valence-electron chi connectivity index (χ1n) is 9.12. The van der Waals surface area contributed by atoms with E-state index in [-0.39, 0.29) is 11.8 Å². The lowest BCUT2D eigenvalue weighted by atomic mass is 9.73. The Balaban J connectivity index is 1.67. The van der Waals surface area contributed by atoms with Gasteiger partial charge in [0.15, 0.2) is 0 Å². The van der Waals surface area contributed by atoms with E-state index in [9.17, 15) is 4.79 Å². The van der Waals surface area contributed by atoms with Gasteiger partial charge in [-0.1, -0.05) is 12.2 Å². The summed E-state index contributed by atoms with van der Waals surface area (Å²) in [6, 6.07) is 0. The van der Waals surface area contributed by atoms with Gasteiger partial charge in [-0.2, -0.15) is 0 Å². The van der Waals surface area contributed by atoms with Gasteiger partial charge in [-0.3, -0.25) is 4.79 Å². The average molecular weight is 339 g/mol. The monoisotopic (exact) mass is 339 g/mol. The first kappa shape index (κ1) is 16.2. The quantitative estimate of drug-likeness (QED) is 0.833. The maximum Gasteiger partial charge on any atom is 0.223 e. The number of nitrogens with one attached hydrogen (secondary N) is 1. The van der Waals surface area contributed by atoms with Crippen LogP contribution in [0.3, 0.4) is 0 Å². The van der Waals surface area contributed by atoms with Gasteiger partial charge in [-0.15, -0.1) is 0 Å². The fraction of sp³-hybridized carbons (Fsp3) is 0.476. The average Bonchev–Trinajstić information content (AvgIpc) is 3.48. The van der Waals surface area contributed by atoms with Crippen LogP contribution in [0.2, 0.25) is 0 Å². The SMILES string of the molecule is COC1=CC2=CC=CC(OC)=C3CCC(CNC(=O)C4CC4)C(=C23)C1. The smallest absolute Gasteiger partial charge is 0.223 e. The summed E-state index contributed by atoms with van der Waals surface area (Å²) < 4.78 is 11.2. The minimum Gasteiger partial charge on any atom is -0.501 e. The van der Waals surface area contributed by atoms with Crippen LogP contribution in [-0.2, 0) is 14.3 Å². The molecule has 0 spiro atoms. The van der Waals surface area contributed by atoms with Gasteiger partial charge in [0.2, 0.25) is 5.91 Å². The van der Waals surface area contributed by atoms with Crippen LogP contribution in [0.5, 0.6) is 0 Å². The van der Waals surface area contributed by atoms with Crippen molar-refractivity contribution in [3.63, 3.8) is 0 Å². The number of rotatable bonds is 5. The van der Waals surface area contributed by atoms with E-state index in [0.717, 1.165) is 50.2 Å². The molecule has 4 aliphatic carbocycles. The highest BCUT2D eigenvalue weighted by molar-refractivity contribution is 5.80. The Hall–Kier alpha value is -2.23. The number of ether oxygens (including phenoxy) is 2. The fourth-order valence-electron chi connectivity index (χ4n) is 4.07. The molecule has 0 bridgehead atoms. The molecule has 25 heavy (non-hydrogen) atoms. The molecule has 132 valence electrons. The number of hydrogen-bond donors (Lipinski definition) is 1. The van der Waals surface area contributed by atoms with Crippen molar-refractivity contribution in [2.75, 3.05) is 20.8 Å². The van der Waals surface area contributed by atoms with Crippen LogP contribution in [0.1, 0.15) is 32.1 Å². The lowest BCUT2D eigenvalue weighted by Gasteiger charge is -2.34. The van der Waals surface area contributed by atoms with E-state index >= 15 is 0 Å². The second-order valence-electron chi connectivity index (χ2n) is 7.17. The van der Waals surface area contributed by atoms with Gasteiger partial charge >= 0.3 is 0 Å². The molecule has 0 heterocycles. The van der Waals surface area contributed by atoms with Crippen molar-refractivity contribution in [2.24, 2.45) is 11.8 Å². The van der Waals surface area contributed by atoms with Crippen LogP contribution in [0.15, 0.2) is 58.1 Å². The van der Waals surface area contributed by atoms with E-state index in [1.54, 1.807) is 14.2 Å².